The van der Waals surface area contributed by atoms with E-state index < -0.39 is 10.0 Å². The summed E-state index contributed by atoms with van der Waals surface area (Å²) in [6.07, 6.45) is 2.10. The molecule has 4 N–H and O–H groups in total. The first-order chi connectivity index (χ1) is 9.91. The summed E-state index contributed by atoms with van der Waals surface area (Å²) < 4.78 is 27.8. The number of nitrogens with one attached hydrogen (secondary N) is 2. The third kappa shape index (κ3) is 3.93. The Morgan fingerprint density at radius 3 is 2.86 bits per heavy atom. The lowest BCUT2D eigenvalue weighted by atomic mass is 10.1. The number of methoxy groups -OCH3 is 1. The molecule has 0 bridgehead atoms. The third-order valence-corrected chi connectivity index (χ3v) is 4.33. The molecule has 1 aromatic carbocycles. The van der Waals surface area contributed by atoms with Gasteiger partial charge in [0.1, 0.15) is 5.75 Å². The van der Waals surface area contributed by atoms with Crippen molar-refractivity contribution in [2.24, 2.45) is 5.14 Å². The Morgan fingerprint density at radius 2 is 2.29 bits per heavy atom. The van der Waals surface area contributed by atoms with E-state index >= 15 is 0 Å². The molecule has 1 unspecified atom stereocenters. The molecular weight excluding hydrogens is 294 g/mol. The quantitative estimate of drug-likeness (QED) is 0.698. The lowest BCUT2D eigenvalue weighted by molar-refractivity contribution is 0.0947. The molecule has 1 amide bonds. The van der Waals surface area contributed by atoms with Crippen LogP contribution in [0.5, 0.6) is 5.75 Å². The van der Waals surface area contributed by atoms with Gasteiger partial charge in [-0.15, -0.1) is 0 Å². The zero-order valence-corrected chi connectivity index (χ0v) is 12.6. The molecule has 1 aromatic rings. The van der Waals surface area contributed by atoms with E-state index in [1.165, 1.54) is 25.3 Å². The van der Waals surface area contributed by atoms with Crippen molar-refractivity contribution in [2.75, 3.05) is 20.2 Å². The highest BCUT2D eigenvalue weighted by Gasteiger charge is 2.19. The Bertz CT molecular complexity index is 624. The SMILES string of the molecule is COc1ccc(S(N)(=O)=O)cc1C(=O)NCC1CCCN1. The highest BCUT2D eigenvalue weighted by molar-refractivity contribution is 7.89. The second-order valence-corrected chi connectivity index (χ2v) is 6.47. The van der Waals surface area contributed by atoms with Crippen LogP contribution in [0.1, 0.15) is 23.2 Å². The molecule has 7 nitrogen and oxygen atoms in total. The second-order valence-electron chi connectivity index (χ2n) is 4.91. The highest BCUT2D eigenvalue weighted by Crippen LogP contribution is 2.21. The van der Waals surface area contributed by atoms with Gasteiger partial charge < -0.3 is 15.4 Å². The van der Waals surface area contributed by atoms with E-state index in [4.69, 9.17) is 9.88 Å². The molecule has 1 aliphatic heterocycles. The minimum absolute atomic E-state index is 0.118. The van der Waals surface area contributed by atoms with Crippen LogP contribution in [0, 0.1) is 0 Å². The number of primary sulfonamides is 1. The van der Waals surface area contributed by atoms with Gasteiger partial charge in [0, 0.05) is 12.6 Å². The predicted molar refractivity (Wildman–Crippen MR) is 77.7 cm³/mol. The lowest BCUT2D eigenvalue weighted by Gasteiger charge is -2.13. The number of hydrogen-bond acceptors (Lipinski definition) is 5. The minimum Gasteiger partial charge on any atom is -0.496 e. The summed E-state index contributed by atoms with van der Waals surface area (Å²) in [7, 11) is -2.44. The molecule has 0 radical (unpaired) electrons. The van der Waals surface area contributed by atoms with E-state index in [9.17, 15) is 13.2 Å². The molecule has 8 heteroatoms. The topological polar surface area (TPSA) is 111 Å². The molecule has 21 heavy (non-hydrogen) atoms. The van der Waals surface area contributed by atoms with Gasteiger partial charge in [-0.25, -0.2) is 13.6 Å². The van der Waals surface area contributed by atoms with Gasteiger partial charge in [0.15, 0.2) is 0 Å². The molecule has 1 aliphatic rings. The zero-order chi connectivity index (χ0) is 15.5. The summed E-state index contributed by atoms with van der Waals surface area (Å²) in [5.41, 5.74) is 0.155. The number of sulfonamides is 1. The Labute approximate surface area is 123 Å². The van der Waals surface area contributed by atoms with Crippen molar-refractivity contribution in [1.29, 1.82) is 0 Å². The van der Waals surface area contributed by atoms with Crippen LogP contribution in [0.4, 0.5) is 0 Å². The zero-order valence-electron chi connectivity index (χ0n) is 11.8. The van der Waals surface area contributed by atoms with E-state index in [-0.39, 0.29) is 22.4 Å². The maximum atomic E-state index is 12.2. The molecule has 1 saturated heterocycles. The molecule has 1 heterocycles. The van der Waals surface area contributed by atoms with Crippen LogP contribution in [0.3, 0.4) is 0 Å². The first-order valence-electron chi connectivity index (χ1n) is 6.64. The van der Waals surface area contributed by atoms with Gasteiger partial charge >= 0.3 is 0 Å². The number of carbonyl (C=O) groups excluding carboxylic acids is 1. The van der Waals surface area contributed by atoms with Gasteiger partial charge in [0.25, 0.3) is 5.91 Å². The molecule has 0 saturated carbocycles. The summed E-state index contributed by atoms with van der Waals surface area (Å²) in [5, 5.41) is 11.1. The molecule has 2 rings (SSSR count). The van der Waals surface area contributed by atoms with Gasteiger partial charge in [-0.05, 0) is 37.6 Å². The Morgan fingerprint density at radius 1 is 1.52 bits per heavy atom. The van der Waals surface area contributed by atoms with Crippen LogP contribution >= 0.6 is 0 Å². The molecule has 0 spiro atoms. The van der Waals surface area contributed by atoms with Gasteiger partial charge in [0.2, 0.25) is 10.0 Å². The van der Waals surface area contributed by atoms with Gasteiger partial charge in [-0.2, -0.15) is 0 Å². The van der Waals surface area contributed by atoms with Crippen molar-refractivity contribution in [3.63, 3.8) is 0 Å². The number of hydrogen-bond donors (Lipinski definition) is 3. The molecule has 0 aromatic heterocycles. The average molecular weight is 313 g/mol. The van der Waals surface area contributed by atoms with E-state index in [1.807, 2.05) is 0 Å². The summed E-state index contributed by atoms with van der Waals surface area (Å²) in [4.78, 5) is 12.1. The van der Waals surface area contributed by atoms with Crippen LogP contribution in [-0.2, 0) is 10.0 Å². The van der Waals surface area contributed by atoms with Gasteiger partial charge in [-0.1, -0.05) is 0 Å². The highest BCUT2D eigenvalue weighted by atomic mass is 32.2. The number of amides is 1. The smallest absolute Gasteiger partial charge is 0.255 e. The largest absolute Gasteiger partial charge is 0.496 e. The average Bonchev–Trinajstić information content (AvgIpc) is 2.96. The molecular formula is C13H19N3O4S. The maximum Gasteiger partial charge on any atom is 0.255 e. The van der Waals surface area contributed by atoms with Crippen molar-refractivity contribution in [1.82, 2.24) is 10.6 Å². The van der Waals surface area contributed by atoms with Crippen LogP contribution in [0.2, 0.25) is 0 Å². The van der Waals surface area contributed by atoms with E-state index in [0.29, 0.717) is 12.3 Å². The standard InChI is InChI=1S/C13H19N3O4S/c1-20-12-5-4-10(21(14,18)19)7-11(12)13(17)16-8-9-3-2-6-15-9/h4-5,7,9,15H,2-3,6,8H2,1H3,(H,16,17)(H2,14,18,19). The first-order valence-corrected chi connectivity index (χ1v) is 8.19. The van der Waals surface area contributed by atoms with E-state index in [2.05, 4.69) is 10.6 Å². The Kier molecular flexibility index (Phi) is 4.81. The fraction of sp³-hybridized carbons (Fsp3) is 0.462. The van der Waals surface area contributed by atoms with Crippen LogP contribution < -0.4 is 20.5 Å². The van der Waals surface area contributed by atoms with Crippen molar-refractivity contribution >= 4 is 15.9 Å². The third-order valence-electron chi connectivity index (χ3n) is 3.42. The van der Waals surface area contributed by atoms with Gasteiger partial charge in [-0.3, -0.25) is 4.79 Å². The number of benzene rings is 1. The summed E-state index contributed by atoms with van der Waals surface area (Å²) in [5.74, 6) is -0.0784. The maximum absolute atomic E-state index is 12.2. The molecule has 0 aliphatic carbocycles. The van der Waals surface area contributed by atoms with Crippen LogP contribution in [-0.4, -0.2) is 40.6 Å². The fourth-order valence-electron chi connectivity index (χ4n) is 2.28. The Balaban J connectivity index is 2.17. The van der Waals surface area contributed by atoms with Crippen molar-refractivity contribution in [3.8, 4) is 5.75 Å². The summed E-state index contributed by atoms with van der Waals surface area (Å²) >= 11 is 0. The first kappa shape index (κ1) is 15.7. The van der Waals surface area contributed by atoms with Crippen LogP contribution in [0.25, 0.3) is 0 Å². The minimum atomic E-state index is -3.86. The van der Waals surface area contributed by atoms with Crippen LogP contribution in [0.15, 0.2) is 23.1 Å². The predicted octanol–water partition coefficient (Wildman–Crippen LogP) is -0.176. The number of rotatable bonds is 5. The number of carbonyl (C=O) groups is 1. The number of nitrogens with two attached hydrogens (primary N) is 1. The van der Waals surface area contributed by atoms with Crippen molar-refractivity contribution < 1.29 is 17.9 Å². The summed E-state index contributed by atoms with van der Waals surface area (Å²) in [6.45, 7) is 1.44. The summed E-state index contributed by atoms with van der Waals surface area (Å²) in [6, 6.07) is 4.21. The second kappa shape index (κ2) is 6.42. The molecule has 116 valence electrons. The van der Waals surface area contributed by atoms with E-state index in [0.717, 1.165) is 19.4 Å². The lowest BCUT2D eigenvalue weighted by Crippen LogP contribution is -2.37. The van der Waals surface area contributed by atoms with Crippen molar-refractivity contribution in [3.05, 3.63) is 23.8 Å². The molecule has 1 atom stereocenters. The van der Waals surface area contributed by atoms with E-state index in [1.54, 1.807) is 0 Å². The molecule has 1 fully saturated rings. The fourth-order valence-corrected chi connectivity index (χ4v) is 2.82. The Hall–Kier alpha value is -1.64. The van der Waals surface area contributed by atoms with Crippen molar-refractivity contribution in [2.45, 2.75) is 23.8 Å². The number of ether oxygens (including phenoxy) is 1. The monoisotopic (exact) mass is 313 g/mol. The normalized spacial score (nSPS) is 18.5. The van der Waals surface area contributed by atoms with Gasteiger partial charge in [0.05, 0.1) is 17.6 Å².